The van der Waals surface area contributed by atoms with E-state index in [9.17, 15) is 0 Å². The minimum absolute atomic E-state index is 0.0890. The Morgan fingerprint density at radius 2 is 1.27 bits per heavy atom. The number of aromatic amines is 3. The Balaban J connectivity index is 1.78. The Morgan fingerprint density at radius 1 is 0.692 bits per heavy atom. The SMILES string of the molecule is Clc1ccc2c(C(c3cc[nH]c3)c3c[nH]c4cc(Cl)ccc34)c[nH]c2c1. The number of benzene rings is 2. The van der Waals surface area contributed by atoms with Gasteiger partial charge in [-0.1, -0.05) is 35.3 Å². The molecule has 0 amide bonds. The lowest BCUT2D eigenvalue weighted by Crippen LogP contribution is -2.01. The number of hydrogen-bond acceptors (Lipinski definition) is 0. The molecule has 3 N–H and O–H groups in total. The van der Waals surface area contributed by atoms with Gasteiger partial charge in [0.2, 0.25) is 0 Å². The standard InChI is InChI=1S/C21H15Cl2N3/c22-13-1-3-15-17(10-25-19(15)7-13)21(12-5-6-24-9-12)18-11-26-20-8-14(23)2-4-16(18)20/h1-11,21,24-26H. The number of nitrogens with one attached hydrogen (secondary N) is 3. The fourth-order valence-electron chi connectivity index (χ4n) is 3.76. The Morgan fingerprint density at radius 3 is 1.77 bits per heavy atom. The third-order valence-electron chi connectivity index (χ3n) is 4.93. The van der Waals surface area contributed by atoms with Crippen LogP contribution < -0.4 is 0 Å². The van der Waals surface area contributed by atoms with Crippen LogP contribution in [0.4, 0.5) is 0 Å². The van der Waals surface area contributed by atoms with E-state index in [2.05, 4.69) is 45.5 Å². The Hall–Kier alpha value is -2.62. The van der Waals surface area contributed by atoms with Crippen LogP contribution in [0, 0.1) is 0 Å². The van der Waals surface area contributed by atoms with Crippen LogP contribution >= 0.6 is 23.2 Å². The van der Waals surface area contributed by atoms with Gasteiger partial charge in [-0.25, -0.2) is 0 Å². The molecular weight excluding hydrogens is 365 g/mol. The van der Waals surface area contributed by atoms with Gasteiger partial charge in [-0.15, -0.1) is 0 Å². The van der Waals surface area contributed by atoms with Gasteiger partial charge in [0.15, 0.2) is 0 Å². The highest BCUT2D eigenvalue weighted by atomic mass is 35.5. The van der Waals surface area contributed by atoms with E-state index in [1.54, 1.807) is 0 Å². The number of halogens is 2. The summed E-state index contributed by atoms with van der Waals surface area (Å²) in [6.07, 6.45) is 8.16. The Bertz CT molecular complexity index is 1140. The summed E-state index contributed by atoms with van der Waals surface area (Å²) in [5, 5.41) is 3.80. The number of fused-ring (bicyclic) bond motifs is 2. The van der Waals surface area contributed by atoms with Crippen molar-refractivity contribution in [2.45, 2.75) is 5.92 Å². The maximum absolute atomic E-state index is 6.16. The van der Waals surface area contributed by atoms with E-state index < -0.39 is 0 Å². The second-order valence-electron chi connectivity index (χ2n) is 6.45. The summed E-state index contributed by atoms with van der Waals surface area (Å²) in [5.74, 6) is 0.0890. The van der Waals surface area contributed by atoms with Gasteiger partial charge in [-0.05, 0) is 47.0 Å². The molecule has 3 nitrogen and oxygen atoms in total. The van der Waals surface area contributed by atoms with E-state index in [0.717, 1.165) is 21.1 Å². The highest BCUT2D eigenvalue weighted by Crippen LogP contribution is 2.40. The molecule has 5 heteroatoms. The van der Waals surface area contributed by atoms with Gasteiger partial charge < -0.3 is 15.0 Å². The summed E-state index contributed by atoms with van der Waals surface area (Å²) in [7, 11) is 0. The van der Waals surface area contributed by atoms with E-state index in [4.69, 9.17) is 23.2 Å². The lowest BCUT2D eigenvalue weighted by atomic mass is 9.86. The molecule has 0 radical (unpaired) electrons. The predicted octanol–water partition coefficient (Wildman–Crippen LogP) is 6.46. The van der Waals surface area contributed by atoms with Gasteiger partial charge in [-0.3, -0.25) is 0 Å². The van der Waals surface area contributed by atoms with Gasteiger partial charge in [0.05, 0.1) is 0 Å². The molecule has 26 heavy (non-hydrogen) atoms. The van der Waals surface area contributed by atoms with Crippen LogP contribution in [0.15, 0.2) is 67.3 Å². The summed E-state index contributed by atoms with van der Waals surface area (Å²) in [6, 6.07) is 14.1. The molecule has 0 unspecified atom stereocenters. The molecule has 3 heterocycles. The highest BCUT2D eigenvalue weighted by Gasteiger charge is 2.23. The molecule has 2 aromatic carbocycles. The largest absolute Gasteiger partial charge is 0.367 e. The zero-order valence-electron chi connectivity index (χ0n) is 13.7. The topological polar surface area (TPSA) is 47.4 Å². The van der Waals surface area contributed by atoms with Crippen molar-refractivity contribution in [1.29, 1.82) is 0 Å². The van der Waals surface area contributed by atoms with E-state index in [1.165, 1.54) is 27.5 Å². The first-order valence-corrected chi connectivity index (χ1v) is 9.12. The molecule has 5 rings (SSSR count). The predicted molar refractivity (Wildman–Crippen MR) is 108 cm³/mol. The van der Waals surface area contributed by atoms with E-state index >= 15 is 0 Å². The van der Waals surface area contributed by atoms with Crippen molar-refractivity contribution in [2.24, 2.45) is 0 Å². The summed E-state index contributed by atoms with van der Waals surface area (Å²) in [4.78, 5) is 9.91. The van der Waals surface area contributed by atoms with E-state index in [0.29, 0.717) is 0 Å². The summed E-state index contributed by atoms with van der Waals surface area (Å²) >= 11 is 12.3. The van der Waals surface area contributed by atoms with Crippen molar-refractivity contribution >= 4 is 45.0 Å². The quantitative estimate of drug-likeness (QED) is 0.322. The van der Waals surface area contributed by atoms with Crippen molar-refractivity contribution in [1.82, 2.24) is 15.0 Å². The van der Waals surface area contributed by atoms with Gasteiger partial charge in [0.25, 0.3) is 0 Å². The van der Waals surface area contributed by atoms with Gasteiger partial charge in [0.1, 0.15) is 0 Å². The van der Waals surface area contributed by atoms with Crippen molar-refractivity contribution in [3.8, 4) is 0 Å². The van der Waals surface area contributed by atoms with Crippen molar-refractivity contribution < 1.29 is 0 Å². The molecule has 0 aliphatic carbocycles. The minimum Gasteiger partial charge on any atom is -0.367 e. The van der Waals surface area contributed by atoms with E-state index in [-0.39, 0.29) is 5.92 Å². The first-order chi connectivity index (χ1) is 12.7. The first kappa shape index (κ1) is 15.6. The van der Waals surface area contributed by atoms with Gasteiger partial charge in [-0.2, -0.15) is 0 Å². The monoisotopic (exact) mass is 379 g/mol. The molecule has 0 aliphatic heterocycles. The van der Waals surface area contributed by atoms with Crippen LogP contribution in [0.25, 0.3) is 21.8 Å². The van der Waals surface area contributed by atoms with Crippen molar-refractivity contribution in [3.05, 3.63) is 94.0 Å². The molecule has 128 valence electrons. The average Bonchev–Trinajstić information content (AvgIpc) is 3.36. The maximum Gasteiger partial charge on any atom is 0.0472 e. The number of rotatable bonds is 3. The Labute approximate surface area is 160 Å². The molecule has 0 saturated heterocycles. The molecule has 0 fully saturated rings. The molecule has 0 atom stereocenters. The number of H-pyrrole nitrogens is 3. The Kier molecular flexibility index (Phi) is 3.59. The fraction of sp³-hybridized carbons (Fsp3) is 0.0476. The smallest absolute Gasteiger partial charge is 0.0472 e. The average molecular weight is 380 g/mol. The van der Waals surface area contributed by atoms with Gasteiger partial charge in [0, 0.05) is 62.6 Å². The summed E-state index contributed by atoms with van der Waals surface area (Å²) in [5.41, 5.74) is 5.71. The van der Waals surface area contributed by atoms with Crippen LogP contribution in [-0.4, -0.2) is 15.0 Å². The number of aromatic nitrogens is 3. The minimum atomic E-state index is 0.0890. The van der Waals surface area contributed by atoms with Crippen LogP contribution in [0.3, 0.4) is 0 Å². The molecule has 0 saturated carbocycles. The zero-order valence-corrected chi connectivity index (χ0v) is 15.2. The molecule has 0 spiro atoms. The summed E-state index contributed by atoms with van der Waals surface area (Å²) in [6.45, 7) is 0. The van der Waals surface area contributed by atoms with Crippen molar-refractivity contribution in [3.63, 3.8) is 0 Å². The van der Waals surface area contributed by atoms with Gasteiger partial charge >= 0.3 is 0 Å². The molecular formula is C21H15Cl2N3. The zero-order chi connectivity index (χ0) is 17.7. The second-order valence-corrected chi connectivity index (χ2v) is 7.32. The van der Waals surface area contributed by atoms with Crippen LogP contribution in [0.2, 0.25) is 10.0 Å². The highest BCUT2D eigenvalue weighted by molar-refractivity contribution is 6.31. The van der Waals surface area contributed by atoms with Crippen LogP contribution in [0.1, 0.15) is 22.6 Å². The van der Waals surface area contributed by atoms with E-state index in [1.807, 2.05) is 36.7 Å². The fourth-order valence-corrected chi connectivity index (χ4v) is 4.11. The molecule has 0 bridgehead atoms. The maximum atomic E-state index is 6.16. The summed E-state index contributed by atoms with van der Waals surface area (Å²) < 4.78 is 0. The molecule has 0 aliphatic rings. The lowest BCUT2D eigenvalue weighted by Gasteiger charge is -2.15. The van der Waals surface area contributed by atoms with Crippen LogP contribution in [-0.2, 0) is 0 Å². The third kappa shape index (κ3) is 2.44. The van der Waals surface area contributed by atoms with Crippen LogP contribution in [0.5, 0.6) is 0 Å². The number of hydrogen-bond donors (Lipinski definition) is 3. The first-order valence-electron chi connectivity index (χ1n) is 8.36. The normalized spacial score (nSPS) is 11.8. The molecule has 5 aromatic rings. The van der Waals surface area contributed by atoms with Crippen molar-refractivity contribution in [2.75, 3.05) is 0 Å². The lowest BCUT2D eigenvalue weighted by molar-refractivity contribution is 1.00. The second kappa shape index (κ2) is 5.97. The molecule has 3 aromatic heterocycles. The third-order valence-corrected chi connectivity index (χ3v) is 5.40.